The van der Waals surface area contributed by atoms with E-state index in [0.717, 1.165) is 23.2 Å². The van der Waals surface area contributed by atoms with Crippen molar-refractivity contribution in [3.05, 3.63) is 54.6 Å². The number of fused-ring (bicyclic) bond motifs is 1. The van der Waals surface area contributed by atoms with Crippen LogP contribution in [-0.2, 0) is 19.1 Å². The number of amides is 2. The second-order valence-electron chi connectivity index (χ2n) is 10.00. The van der Waals surface area contributed by atoms with Crippen LogP contribution in [0.3, 0.4) is 0 Å². The van der Waals surface area contributed by atoms with Crippen LogP contribution in [0.1, 0.15) is 30.4 Å². The molecule has 3 heterocycles. The third kappa shape index (κ3) is 4.68. The number of alkyl halides is 1. The maximum atomic E-state index is 14.5. The molecule has 4 rings (SSSR count). The third-order valence-corrected chi connectivity index (χ3v) is 10.9. The number of allylic oxidation sites excluding steroid dienone is 1. The Labute approximate surface area is 231 Å². The average Bonchev–Trinajstić information content (AvgIpc) is 3.44. The first-order valence-corrected chi connectivity index (χ1v) is 14.5. The van der Waals surface area contributed by atoms with E-state index in [4.69, 9.17) is 4.74 Å². The molecule has 2 amide bonds. The molecule has 1 N–H and O–H groups in total. The molecular formula is C28H35BrN2O5S. The molecule has 200 valence electrons. The fraction of sp³-hybridized carbons (Fsp3) is 0.536. The molecule has 0 radical (unpaired) electrons. The highest BCUT2D eigenvalue weighted by Crippen LogP contribution is 2.68. The summed E-state index contributed by atoms with van der Waals surface area (Å²) >= 11 is 5.32. The first kappa shape index (κ1) is 27.9. The number of carbonyl (C=O) groups excluding carboxylic acids is 3. The number of likely N-dealkylation sites (tertiary alicyclic amines) is 1. The van der Waals surface area contributed by atoms with Gasteiger partial charge >= 0.3 is 5.97 Å². The van der Waals surface area contributed by atoms with Crippen LogP contribution in [0, 0.1) is 25.7 Å². The van der Waals surface area contributed by atoms with E-state index in [1.165, 1.54) is 4.90 Å². The van der Waals surface area contributed by atoms with Crippen LogP contribution in [0.5, 0.6) is 0 Å². The van der Waals surface area contributed by atoms with Gasteiger partial charge in [-0.2, -0.15) is 0 Å². The maximum absolute atomic E-state index is 14.5. The summed E-state index contributed by atoms with van der Waals surface area (Å²) in [6, 6.07) is 5.05. The summed E-state index contributed by atoms with van der Waals surface area (Å²) in [6.07, 6.45) is 5.44. The van der Waals surface area contributed by atoms with Gasteiger partial charge in [0.2, 0.25) is 5.91 Å². The molecule has 9 heteroatoms. The molecule has 0 saturated carbocycles. The van der Waals surface area contributed by atoms with Crippen molar-refractivity contribution in [2.24, 2.45) is 11.8 Å². The van der Waals surface area contributed by atoms with E-state index < -0.39 is 22.6 Å². The van der Waals surface area contributed by atoms with Crippen LogP contribution in [0.4, 0.5) is 5.69 Å². The highest BCUT2D eigenvalue weighted by molar-refractivity contribution is 9.09. The number of para-hydroxylation sites is 1. The lowest BCUT2D eigenvalue weighted by atomic mass is 9.71. The van der Waals surface area contributed by atoms with Crippen LogP contribution in [0.2, 0.25) is 0 Å². The van der Waals surface area contributed by atoms with Gasteiger partial charge in [-0.05, 0) is 44.2 Å². The van der Waals surface area contributed by atoms with Gasteiger partial charge < -0.3 is 19.6 Å². The van der Waals surface area contributed by atoms with Gasteiger partial charge in [0.25, 0.3) is 5.91 Å². The van der Waals surface area contributed by atoms with Crippen molar-refractivity contribution in [1.82, 2.24) is 4.90 Å². The molecular weight excluding hydrogens is 556 g/mol. The first-order valence-electron chi connectivity index (χ1n) is 12.7. The SMILES string of the molecule is C=CCCCOC(=O)[C@H]1[C@@H]2SC3(CC2Br)C(C(=O)N(CC=C)c2c(C)cccc2C)N(CCO)C(=O)[C@H]13. The Bertz CT molecular complexity index is 1080. The predicted octanol–water partition coefficient (Wildman–Crippen LogP) is 3.79. The van der Waals surface area contributed by atoms with Crippen molar-refractivity contribution in [2.75, 3.05) is 31.2 Å². The molecule has 3 aliphatic heterocycles. The topological polar surface area (TPSA) is 87.2 Å². The number of aliphatic hydroxyl groups excluding tert-OH is 1. The number of anilines is 1. The third-order valence-electron chi connectivity index (χ3n) is 7.72. The number of unbranched alkanes of at least 4 members (excludes halogenated alkanes) is 1. The number of rotatable bonds is 11. The largest absolute Gasteiger partial charge is 0.465 e. The zero-order valence-corrected chi connectivity index (χ0v) is 23.8. The zero-order chi connectivity index (χ0) is 26.9. The van der Waals surface area contributed by atoms with Crippen molar-refractivity contribution >= 4 is 51.2 Å². The standard InChI is InChI=1S/C28H35BrN2O5S/c1-5-7-8-15-36-27(35)20-21-25(33)31(13-14-32)24(28(21)16-19(29)23(20)37-28)26(34)30(12-6-2)22-17(3)10-9-11-18(22)4/h5-6,9-11,19-21,23-24,32H,1-2,7-8,12-16H2,3-4H3/t19?,20-,21+,23-,24?,28?/m1/s1. The number of benzene rings is 1. The summed E-state index contributed by atoms with van der Waals surface area (Å²) in [6.45, 7) is 11.8. The van der Waals surface area contributed by atoms with Crippen molar-refractivity contribution in [2.45, 2.75) is 54.0 Å². The Morgan fingerprint density at radius 3 is 2.62 bits per heavy atom. The highest BCUT2D eigenvalue weighted by Gasteiger charge is 2.76. The van der Waals surface area contributed by atoms with E-state index in [2.05, 4.69) is 29.1 Å². The van der Waals surface area contributed by atoms with Crippen molar-refractivity contribution in [3.63, 3.8) is 0 Å². The van der Waals surface area contributed by atoms with Gasteiger partial charge in [0, 0.05) is 28.9 Å². The van der Waals surface area contributed by atoms with E-state index in [0.29, 0.717) is 12.8 Å². The summed E-state index contributed by atoms with van der Waals surface area (Å²) in [4.78, 5) is 44.8. The number of hydrogen-bond acceptors (Lipinski definition) is 6. The minimum atomic E-state index is -0.815. The number of aliphatic hydroxyl groups is 1. The predicted molar refractivity (Wildman–Crippen MR) is 150 cm³/mol. The fourth-order valence-electron chi connectivity index (χ4n) is 6.32. The fourth-order valence-corrected chi connectivity index (χ4v) is 9.92. The molecule has 3 fully saturated rings. The Hall–Kier alpha value is -2.10. The number of hydrogen-bond donors (Lipinski definition) is 1. The Morgan fingerprint density at radius 2 is 2.00 bits per heavy atom. The highest BCUT2D eigenvalue weighted by atomic mass is 79.9. The molecule has 0 aliphatic carbocycles. The number of carbonyl (C=O) groups is 3. The van der Waals surface area contributed by atoms with Gasteiger partial charge in [-0.3, -0.25) is 14.4 Å². The maximum Gasteiger partial charge on any atom is 0.310 e. The summed E-state index contributed by atoms with van der Waals surface area (Å²) < 4.78 is 4.82. The van der Waals surface area contributed by atoms with Crippen LogP contribution >= 0.6 is 27.7 Å². The molecule has 3 aliphatic rings. The minimum Gasteiger partial charge on any atom is -0.465 e. The first-order chi connectivity index (χ1) is 17.7. The number of ether oxygens (including phenoxy) is 1. The average molecular weight is 592 g/mol. The molecule has 3 unspecified atom stereocenters. The summed E-state index contributed by atoms with van der Waals surface area (Å²) in [5.41, 5.74) is 2.70. The molecule has 1 spiro atoms. The lowest BCUT2D eigenvalue weighted by Crippen LogP contribution is -2.56. The number of halogens is 1. The van der Waals surface area contributed by atoms with Crippen LogP contribution < -0.4 is 4.90 Å². The van der Waals surface area contributed by atoms with E-state index >= 15 is 0 Å². The quantitative estimate of drug-likeness (QED) is 0.183. The van der Waals surface area contributed by atoms with Gasteiger partial charge in [-0.15, -0.1) is 24.9 Å². The lowest BCUT2D eigenvalue weighted by Gasteiger charge is -2.38. The van der Waals surface area contributed by atoms with E-state index in [1.807, 2.05) is 32.0 Å². The molecule has 1 aromatic rings. The summed E-state index contributed by atoms with van der Waals surface area (Å²) in [5.74, 6) is -2.18. The second kappa shape index (κ2) is 11.3. The van der Waals surface area contributed by atoms with E-state index in [-0.39, 0.29) is 54.2 Å². The van der Waals surface area contributed by atoms with Crippen molar-refractivity contribution < 1.29 is 24.2 Å². The molecule has 37 heavy (non-hydrogen) atoms. The number of nitrogens with zero attached hydrogens (tertiary/aromatic N) is 2. The van der Waals surface area contributed by atoms with Crippen LogP contribution in [0.15, 0.2) is 43.5 Å². The van der Waals surface area contributed by atoms with Gasteiger partial charge in [0.05, 0.1) is 29.8 Å². The number of aryl methyl sites for hydroxylation is 2. The number of β-amino-alcohol motifs (C(OH)–C–C–N with tert-alkyl or cyclic N) is 1. The van der Waals surface area contributed by atoms with Gasteiger partial charge in [0.15, 0.2) is 0 Å². The lowest BCUT2D eigenvalue weighted by molar-refractivity contribution is -0.154. The number of esters is 1. The minimum absolute atomic E-state index is 0.0292. The van der Waals surface area contributed by atoms with Crippen molar-refractivity contribution in [1.29, 1.82) is 0 Å². The smallest absolute Gasteiger partial charge is 0.310 e. The normalized spacial score (nSPS) is 29.8. The Balaban J connectivity index is 1.74. The zero-order valence-electron chi connectivity index (χ0n) is 21.4. The van der Waals surface area contributed by atoms with Gasteiger partial charge in [-0.25, -0.2) is 0 Å². The molecule has 7 nitrogen and oxygen atoms in total. The molecule has 2 bridgehead atoms. The summed E-state index contributed by atoms with van der Waals surface area (Å²) in [5, 5.41) is 9.70. The second-order valence-corrected chi connectivity index (χ2v) is 12.7. The van der Waals surface area contributed by atoms with Crippen LogP contribution in [0.25, 0.3) is 0 Å². The van der Waals surface area contributed by atoms with Crippen molar-refractivity contribution in [3.8, 4) is 0 Å². The molecule has 1 aromatic carbocycles. The van der Waals surface area contributed by atoms with Gasteiger partial charge in [-0.1, -0.05) is 46.3 Å². The Morgan fingerprint density at radius 1 is 1.30 bits per heavy atom. The van der Waals surface area contributed by atoms with Crippen LogP contribution in [-0.4, -0.2) is 75.0 Å². The van der Waals surface area contributed by atoms with Gasteiger partial charge in [0.1, 0.15) is 6.04 Å². The van der Waals surface area contributed by atoms with E-state index in [9.17, 15) is 19.5 Å². The monoisotopic (exact) mass is 590 g/mol. The Kier molecular flexibility index (Phi) is 8.55. The number of thioether (sulfide) groups is 1. The molecule has 3 saturated heterocycles. The van der Waals surface area contributed by atoms with E-state index in [1.54, 1.807) is 28.8 Å². The molecule has 0 aromatic heterocycles. The molecule has 6 atom stereocenters. The summed E-state index contributed by atoms with van der Waals surface area (Å²) in [7, 11) is 0.